The Hall–Kier alpha value is -1.46. The molecule has 0 radical (unpaired) electrons. The van der Waals surface area contributed by atoms with Gasteiger partial charge >= 0.3 is 26.2 Å². The Bertz CT molecular complexity index is 603. The van der Waals surface area contributed by atoms with Crippen LogP contribution in [0.1, 0.15) is 88.2 Å². The number of hydrogen-bond donors (Lipinski definition) is 0. The zero-order chi connectivity index (χ0) is 23.3. The first-order valence-corrected chi connectivity index (χ1v) is 12.6. The zero-order valence-corrected chi connectivity index (χ0v) is 25.4. The standard InChI is InChI=1S/2C9H16.2C7H7.2CH3.Zr/c2*1-2-3-6-9-7-4-5-8-9;2*1-7-5-3-2-4-6-7;;;/h2*2,9H,1,3-8H2;2*2-6H,1H2;2*1H3;/q;;4*-1;+4. The van der Waals surface area contributed by atoms with Crippen molar-refractivity contribution in [3.63, 3.8) is 0 Å². The molecule has 2 aliphatic rings. The smallest absolute Gasteiger partial charge is 0.358 e. The van der Waals surface area contributed by atoms with Gasteiger partial charge in [0, 0.05) is 0 Å². The van der Waals surface area contributed by atoms with Gasteiger partial charge in [-0.2, -0.15) is 49.2 Å². The predicted molar refractivity (Wildman–Crippen MR) is 157 cm³/mol. The van der Waals surface area contributed by atoms with Crippen LogP contribution in [0.15, 0.2) is 86.0 Å². The molecule has 0 saturated heterocycles. The topological polar surface area (TPSA) is 0 Å². The van der Waals surface area contributed by atoms with E-state index in [0.29, 0.717) is 0 Å². The molecule has 0 bridgehead atoms. The fourth-order valence-corrected chi connectivity index (χ4v) is 4.26. The molecule has 0 N–H and O–H groups in total. The molecule has 0 unspecified atom stereocenters. The minimum Gasteiger partial charge on any atom is -0.358 e. The van der Waals surface area contributed by atoms with Crippen LogP contribution in [0, 0.1) is 40.5 Å². The first-order chi connectivity index (χ1) is 15.7. The maximum Gasteiger partial charge on any atom is 4.00 e. The SMILES string of the molecule is C=CCCC1CCCC1.C=CCCC1CCCC1.[CH2-]c1ccccc1.[CH2-]c1ccccc1.[CH3-].[CH3-].[Zr+4]. The van der Waals surface area contributed by atoms with Gasteiger partial charge in [-0.3, -0.25) is 0 Å². The minimum absolute atomic E-state index is 0. The van der Waals surface area contributed by atoms with E-state index in [2.05, 4.69) is 27.0 Å². The van der Waals surface area contributed by atoms with Gasteiger partial charge in [0.25, 0.3) is 0 Å². The summed E-state index contributed by atoms with van der Waals surface area (Å²) in [5.74, 6) is 2.09. The molecule has 2 aromatic carbocycles. The Morgan fingerprint density at radius 3 is 1.09 bits per heavy atom. The van der Waals surface area contributed by atoms with E-state index in [1.165, 1.54) is 77.0 Å². The molecule has 0 heterocycles. The number of allylic oxidation sites excluding steroid dienone is 2. The third-order valence-electron chi connectivity index (χ3n) is 6.19. The zero-order valence-electron chi connectivity index (χ0n) is 22.9. The summed E-state index contributed by atoms with van der Waals surface area (Å²) < 4.78 is 0. The second-order valence-electron chi connectivity index (χ2n) is 9.00. The summed E-state index contributed by atoms with van der Waals surface area (Å²) in [6.45, 7) is 14.9. The quantitative estimate of drug-likeness (QED) is 0.247. The summed E-state index contributed by atoms with van der Waals surface area (Å²) >= 11 is 0. The largest absolute Gasteiger partial charge is 4.00 e. The first kappa shape index (κ1) is 38.1. The molecule has 0 spiro atoms. The van der Waals surface area contributed by atoms with Crippen LogP contribution in [-0.2, 0) is 26.2 Å². The first-order valence-electron chi connectivity index (χ1n) is 12.6. The fourth-order valence-electron chi connectivity index (χ4n) is 4.26. The summed E-state index contributed by atoms with van der Waals surface area (Å²) in [6.07, 6.45) is 21.1. The van der Waals surface area contributed by atoms with Gasteiger partial charge in [-0.05, 0) is 37.5 Å². The molecule has 0 aromatic heterocycles. The Morgan fingerprint density at radius 1 is 0.600 bits per heavy atom. The maximum atomic E-state index is 3.72. The third kappa shape index (κ3) is 22.7. The second kappa shape index (κ2) is 27.1. The van der Waals surface area contributed by atoms with Crippen LogP contribution < -0.4 is 0 Å². The van der Waals surface area contributed by atoms with Crippen LogP contribution in [0.2, 0.25) is 0 Å². The number of hydrogen-bond acceptors (Lipinski definition) is 0. The molecule has 2 fully saturated rings. The summed E-state index contributed by atoms with van der Waals surface area (Å²) in [5.41, 5.74) is 2.14. The van der Waals surface area contributed by atoms with E-state index in [1.807, 2.05) is 72.8 Å². The minimum atomic E-state index is 0. The van der Waals surface area contributed by atoms with Crippen LogP contribution >= 0.6 is 0 Å². The van der Waals surface area contributed by atoms with Crippen LogP contribution in [-0.4, -0.2) is 0 Å². The van der Waals surface area contributed by atoms with Crippen LogP contribution in [0.4, 0.5) is 0 Å². The van der Waals surface area contributed by atoms with E-state index < -0.39 is 0 Å². The molecule has 1 heteroatoms. The van der Waals surface area contributed by atoms with Crippen molar-refractivity contribution in [1.29, 1.82) is 0 Å². The molecular weight excluding hydrogens is 500 g/mol. The van der Waals surface area contributed by atoms with Crippen LogP contribution in [0.3, 0.4) is 0 Å². The average Bonchev–Trinajstić information content (AvgIpc) is 3.53. The van der Waals surface area contributed by atoms with Gasteiger partial charge in [0.2, 0.25) is 0 Å². The Morgan fingerprint density at radius 2 is 0.886 bits per heavy atom. The molecule has 0 amide bonds. The van der Waals surface area contributed by atoms with Crippen molar-refractivity contribution in [1.82, 2.24) is 0 Å². The van der Waals surface area contributed by atoms with E-state index in [1.54, 1.807) is 0 Å². The molecule has 2 saturated carbocycles. The van der Waals surface area contributed by atoms with Crippen molar-refractivity contribution in [2.45, 2.75) is 77.0 Å². The van der Waals surface area contributed by atoms with E-state index in [9.17, 15) is 0 Å². The second-order valence-corrected chi connectivity index (χ2v) is 9.00. The molecule has 2 aromatic rings. The van der Waals surface area contributed by atoms with E-state index >= 15 is 0 Å². The van der Waals surface area contributed by atoms with Crippen molar-refractivity contribution in [2.75, 3.05) is 0 Å². The van der Waals surface area contributed by atoms with Crippen molar-refractivity contribution in [3.05, 3.63) is 126 Å². The van der Waals surface area contributed by atoms with Gasteiger partial charge in [-0.1, -0.05) is 75.7 Å². The van der Waals surface area contributed by atoms with Gasteiger partial charge in [-0.15, -0.1) is 37.4 Å². The molecule has 0 nitrogen and oxygen atoms in total. The molecule has 0 atom stereocenters. The number of rotatable bonds is 6. The molecule has 2 aliphatic carbocycles. The van der Waals surface area contributed by atoms with Crippen LogP contribution in [0.5, 0.6) is 0 Å². The summed E-state index contributed by atoms with van der Waals surface area (Å²) in [7, 11) is 0. The molecule has 0 aliphatic heterocycles. The average molecular weight is 552 g/mol. The Kier molecular flexibility index (Phi) is 29.5. The Balaban J connectivity index is -0.000000382. The van der Waals surface area contributed by atoms with E-state index in [0.717, 1.165) is 23.0 Å². The van der Waals surface area contributed by atoms with Gasteiger partial charge in [0.05, 0.1) is 0 Å². The van der Waals surface area contributed by atoms with Crippen molar-refractivity contribution in [3.8, 4) is 0 Å². The normalized spacial score (nSPS) is 13.9. The number of benzene rings is 2. The van der Waals surface area contributed by atoms with E-state index in [4.69, 9.17) is 0 Å². The molecule has 35 heavy (non-hydrogen) atoms. The van der Waals surface area contributed by atoms with Gasteiger partial charge in [0.15, 0.2) is 0 Å². The monoisotopic (exact) mass is 550 g/mol. The van der Waals surface area contributed by atoms with Crippen molar-refractivity contribution in [2.24, 2.45) is 11.8 Å². The maximum absolute atomic E-state index is 3.72. The van der Waals surface area contributed by atoms with Crippen LogP contribution in [0.25, 0.3) is 0 Å². The summed E-state index contributed by atoms with van der Waals surface area (Å²) in [5, 5.41) is 0. The molecule has 4 rings (SSSR count). The summed E-state index contributed by atoms with van der Waals surface area (Å²) in [6, 6.07) is 19.7. The summed E-state index contributed by atoms with van der Waals surface area (Å²) in [4.78, 5) is 0. The fraction of sp³-hybridized carbons (Fsp3) is 0.412. The van der Waals surface area contributed by atoms with Crippen molar-refractivity contribution < 1.29 is 26.2 Å². The van der Waals surface area contributed by atoms with Crippen molar-refractivity contribution >= 4 is 0 Å². The van der Waals surface area contributed by atoms with Gasteiger partial charge < -0.3 is 14.9 Å². The third-order valence-corrected chi connectivity index (χ3v) is 6.19. The molecular formula is C34H52Zr. The predicted octanol–water partition coefficient (Wildman–Crippen LogP) is 10.9. The molecule has 192 valence electrons. The Labute approximate surface area is 239 Å². The van der Waals surface area contributed by atoms with Gasteiger partial charge in [0.1, 0.15) is 0 Å². The van der Waals surface area contributed by atoms with E-state index in [-0.39, 0.29) is 41.1 Å². The van der Waals surface area contributed by atoms with Gasteiger partial charge in [-0.25, -0.2) is 0 Å².